The van der Waals surface area contributed by atoms with Gasteiger partial charge in [-0.3, -0.25) is 9.69 Å². The number of hydrogen-bond acceptors (Lipinski definition) is 3. The molecule has 0 aromatic carbocycles. The smallest absolute Gasteiger partial charge is 0.323 e. The van der Waals surface area contributed by atoms with E-state index in [1.54, 1.807) is 7.11 Å². The van der Waals surface area contributed by atoms with E-state index in [4.69, 9.17) is 4.74 Å². The van der Waals surface area contributed by atoms with Gasteiger partial charge in [0.05, 0.1) is 0 Å². The first-order valence-electron chi connectivity index (χ1n) is 6.58. The van der Waals surface area contributed by atoms with E-state index >= 15 is 0 Å². The number of rotatable bonds is 5. The summed E-state index contributed by atoms with van der Waals surface area (Å²) in [4.78, 5) is 13.7. The number of methoxy groups -OCH3 is 1. The summed E-state index contributed by atoms with van der Waals surface area (Å²) in [5.74, 6) is -0.727. The molecule has 0 aliphatic carbocycles. The molecule has 1 aliphatic heterocycles. The van der Waals surface area contributed by atoms with Crippen LogP contribution in [0.2, 0.25) is 0 Å². The highest BCUT2D eigenvalue weighted by atomic mass is 16.5. The van der Waals surface area contributed by atoms with Crippen molar-refractivity contribution in [1.29, 1.82) is 0 Å². The Labute approximate surface area is 104 Å². The molecule has 1 heterocycles. The molecule has 0 aromatic rings. The Bertz CT molecular complexity index is 237. The minimum absolute atomic E-state index is 0.499. The van der Waals surface area contributed by atoms with Crippen LogP contribution in [0, 0.1) is 0 Å². The molecule has 1 saturated heterocycles. The molecule has 1 atom stereocenters. The first-order valence-corrected chi connectivity index (χ1v) is 6.58. The summed E-state index contributed by atoms with van der Waals surface area (Å²) < 4.78 is 5.04. The SMILES string of the molecule is COCCC(C)(C(=O)O)N1CCCCCCC1. The summed E-state index contributed by atoms with van der Waals surface area (Å²) in [7, 11) is 1.62. The predicted molar refractivity (Wildman–Crippen MR) is 67.2 cm³/mol. The summed E-state index contributed by atoms with van der Waals surface area (Å²) in [5.41, 5.74) is -0.770. The van der Waals surface area contributed by atoms with Crippen LogP contribution in [0.3, 0.4) is 0 Å². The lowest BCUT2D eigenvalue weighted by molar-refractivity contribution is -0.152. The van der Waals surface area contributed by atoms with Gasteiger partial charge in [0.2, 0.25) is 0 Å². The fraction of sp³-hybridized carbons (Fsp3) is 0.923. The monoisotopic (exact) mass is 243 g/mol. The molecule has 17 heavy (non-hydrogen) atoms. The van der Waals surface area contributed by atoms with E-state index in [0.717, 1.165) is 25.9 Å². The molecule has 0 aromatic heterocycles. The Kier molecular flexibility index (Phi) is 5.92. The Morgan fingerprint density at radius 3 is 2.24 bits per heavy atom. The molecule has 1 rings (SSSR count). The maximum Gasteiger partial charge on any atom is 0.323 e. The van der Waals surface area contributed by atoms with Gasteiger partial charge in [0.15, 0.2) is 0 Å². The fourth-order valence-electron chi connectivity index (χ4n) is 2.44. The van der Waals surface area contributed by atoms with Gasteiger partial charge in [-0.2, -0.15) is 0 Å². The number of ether oxygens (including phenoxy) is 1. The number of nitrogens with zero attached hydrogens (tertiary/aromatic N) is 1. The molecule has 1 N–H and O–H groups in total. The van der Waals surface area contributed by atoms with Crippen LogP contribution >= 0.6 is 0 Å². The summed E-state index contributed by atoms with van der Waals surface area (Å²) >= 11 is 0. The van der Waals surface area contributed by atoms with Crippen LogP contribution in [0.15, 0.2) is 0 Å². The number of carboxylic acid groups (broad SMARTS) is 1. The lowest BCUT2D eigenvalue weighted by Gasteiger charge is -2.39. The van der Waals surface area contributed by atoms with Crippen molar-refractivity contribution in [2.75, 3.05) is 26.8 Å². The second-order valence-electron chi connectivity index (χ2n) is 5.08. The third kappa shape index (κ3) is 3.96. The van der Waals surface area contributed by atoms with Crippen molar-refractivity contribution in [2.45, 2.75) is 51.0 Å². The maximum absolute atomic E-state index is 11.5. The zero-order valence-electron chi connectivity index (χ0n) is 11.1. The van der Waals surface area contributed by atoms with Crippen LogP contribution in [0.4, 0.5) is 0 Å². The number of likely N-dealkylation sites (tertiary alicyclic amines) is 1. The Morgan fingerprint density at radius 2 is 1.76 bits per heavy atom. The highest BCUT2D eigenvalue weighted by Gasteiger charge is 2.38. The molecule has 4 heteroatoms. The fourth-order valence-corrected chi connectivity index (χ4v) is 2.44. The van der Waals surface area contributed by atoms with Crippen molar-refractivity contribution >= 4 is 5.97 Å². The third-order valence-corrected chi connectivity index (χ3v) is 3.81. The topological polar surface area (TPSA) is 49.8 Å². The molecule has 0 bridgehead atoms. The normalized spacial score (nSPS) is 22.5. The van der Waals surface area contributed by atoms with Crippen molar-refractivity contribution in [1.82, 2.24) is 4.90 Å². The molecule has 0 radical (unpaired) electrons. The lowest BCUT2D eigenvalue weighted by Crippen LogP contribution is -2.54. The Morgan fingerprint density at radius 1 is 1.24 bits per heavy atom. The second kappa shape index (κ2) is 6.97. The van der Waals surface area contributed by atoms with Crippen molar-refractivity contribution in [3.8, 4) is 0 Å². The standard InChI is InChI=1S/C13H25NO3/c1-13(12(15)16,8-11-17-2)14-9-6-4-3-5-7-10-14/h3-11H2,1-2H3,(H,15,16). The minimum atomic E-state index is -0.770. The molecule has 0 amide bonds. The van der Waals surface area contributed by atoms with Crippen LogP contribution in [0.25, 0.3) is 0 Å². The van der Waals surface area contributed by atoms with Crippen LogP contribution in [0.1, 0.15) is 45.4 Å². The highest BCUT2D eigenvalue weighted by Crippen LogP contribution is 2.24. The van der Waals surface area contributed by atoms with Gasteiger partial charge in [0.25, 0.3) is 0 Å². The van der Waals surface area contributed by atoms with Gasteiger partial charge >= 0.3 is 5.97 Å². The molecule has 0 spiro atoms. The van der Waals surface area contributed by atoms with E-state index in [9.17, 15) is 9.90 Å². The van der Waals surface area contributed by atoms with E-state index in [-0.39, 0.29) is 0 Å². The van der Waals surface area contributed by atoms with Crippen molar-refractivity contribution in [3.05, 3.63) is 0 Å². The van der Waals surface area contributed by atoms with Crippen LogP contribution in [-0.2, 0) is 9.53 Å². The first-order chi connectivity index (χ1) is 8.11. The van der Waals surface area contributed by atoms with Crippen LogP contribution < -0.4 is 0 Å². The highest BCUT2D eigenvalue weighted by molar-refractivity contribution is 5.78. The maximum atomic E-state index is 11.5. The van der Waals surface area contributed by atoms with E-state index < -0.39 is 11.5 Å². The Hall–Kier alpha value is -0.610. The predicted octanol–water partition coefficient (Wildman–Crippen LogP) is 2.13. The van der Waals surface area contributed by atoms with E-state index in [0.29, 0.717) is 13.0 Å². The zero-order valence-corrected chi connectivity index (χ0v) is 11.1. The molecular weight excluding hydrogens is 218 g/mol. The number of carboxylic acids is 1. The summed E-state index contributed by atoms with van der Waals surface area (Å²) in [6.07, 6.45) is 6.49. The van der Waals surface area contributed by atoms with Gasteiger partial charge in [0, 0.05) is 13.7 Å². The van der Waals surface area contributed by atoms with E-state index in [1.165, 1.54) is 19.3 Å². The molecular formula is C13H25NO3. The average Bonchev–Trinajstić information content (AvgIpc) is 2.25. The Balaban J connectivity index is 2.68. The lowest BCUT2D eigenvalue weighted by atomic mass is 9.93. The van der Waals surface area contributed by atoms with E-state index in [2.05, 4.69) is 4.90 Å². The quantitative estimate of drug-likeness (QED) is 0.803. The number of hydrogen-bond donors (Lipinski definition) is 1. The van der Waals surface area contributed by atoms with Crippen LogP contribution in [-0.4, -0.2) is 48.3 Å². The molecule has 4 nitrogen and oxygen atoms in total. The van der Waals surface area contributed by atoms with Gasteiger partial charge < -0.3 is 9.84 Å². The van der Waals surface area contributed by atoms with Crippen molar-refractivity contribution in [3.63, 3.8) is 0 Å². The summed E-state index contributed by atoms with van der Waals surface area (Å²) in [6.45, 7) is 4.12. The summed E-state index contributed by atoms with van der Waals surface area (Å²) in [5, 5.41) is 9.48. The van der Waals surface area contributed by atoms with Crippen molar-refractivity contribution in [2.24, 2.45) is 0 Å². The molecule has 1 fully saturated rings. The summed E-state index contributed by atoms with van der Waals surface area (Å²) in [6, 6.07) is 0. The van der Waals surface area contributed by atoms with Crippen molar-refractivity contribution < 1.29 is 14.6 Å². The largest absolute Gasteiger partial charge is 0.480 e. The third-order valence-electron chi connectivity index (χ3n) is 3.81. The number of aliphatic carboxylic acids is 1. The molecule has 1 unspecified atom stereocenters. The van der Waals surface area contributed by atoms with Gasteiger partial charge in [0.1, 0.15) is 5.54 Å². The van der Waals surface area contributed by atoms with Crippen LogP contribution in [0.5, 0.6) is 0 Å². The molecule has 100 valence electrons. The molecule has 0 saturated carbocycles. The first kappa shape index (κ1) is 14.5. The number of carbonyl (C=O) groups is 1. The zero-order chi connectivity index (χ0) is 12.7. The van der Waals surface area contributed by atoms with Gasteiger partial charge in [-0.05, 0) is 39.3 Å². The average molecular weight is 243 g/mol. The van der Waals surface area contributed by atoms with Gasteiger partial charge in [-0.1, -0.05) is 19.3 Å². The second-order valence-corrected chi connectivity index (χ2v) is 5.08. The van der Waals surface area contributed by atoms with Gasteiger partial charge in [-0.25, -0.2) is 0 Å². The van der Waals surface area contributed by atoms with Gasteiger partial charge in [-0.15, -0.1) is 0 Å². The molecule has 1 aliphatic rings. The minimum Gasteiger partial charge on any atom is -0.480 e. The van der Waals surface area contributed by atoms with E-state index in [1.807, 2.05) is 6.92 Å².